The van der Waals surface area contributed by atoms with Gasteiger partial charge in [-0.25, -0.2) is 8.42 Å². The Morgan fingerprint density at radius 1 is 1.29 bits per heavy atom. The summed E-state index contributed by atoms with van der Waals surface area (Å²) >= 11 is 0. The van der Waals surface area contributed by atoms with Gasteiger partial charge in [-0.2, -0.15) is 0 Å². The molecular weight excluding hydrogens is 290 g/mol. The number of sulfone groups is 1. The maximum Gasteiger partial charge on any atom is 0.308 e. The topological polar surface area (TPSA) is 63.7 Å². The number of benzene rings is 1. The molecule has 0 aliphatic carbocycles. The molecule has 116 valence electrons. The Bertz CT molecular complexity index is 604. The highest BCUT2D eigenvalue weighted by Gasteiger charge is 2.28. The first-order chi connectivity index (χ1) is 9.99. The zero-order chi connectivity index (χ0) is 15.5. The van der Waals surface area contributed by atoms with Gasteiger partial charge in [0.25, 0.3) is 0 Å². The molecule has 1 heterocycles. The number of hydrogen-bond donors (Lipinski definition) is 0. The number of piperidine rings is 1. The molecule has 0 aromatic heterocycles. The Morgan fingerprint density at radius 2 is 1.90 bits per heavy atom. The summed E-state index contributed by atoms with van der Waals surface area (Å²) in [5, 5.41) is 0. The molecule has 1 aromatic rings. The third-order valence-corrected chi connectivity index (χ3v) is 5.73. The minimum absolute atomic E-state index is 0.0822. The van der Waals surface area contributed by atoms with Crippen LogP contribution in [-0.4, -0.2) is 40.3 Å². The van der Waals surface area contributed by atoms with Crippen LogP contribution in [0, 0.1) is 5.92 Å². The van der Waals surface area contributed by atoms with E-state index < -0.39 is 9.84 Å². The van der Waals surface area contributed by atoms with E-state index in [4.69, 9.17) is 4.74 Å². The summed E-state index contributed by atoms with van der Waals surface area (Å²) in [5.41, 5.74) is 0.739. The van der Waals surface area contributed by atoms with Crippen molar-refractivity contribution >= 4 is 21.5 Å². The van der Waals surface area contributed by atoms with E-state index in [1.54, 1.807) is 19.1 Å². The highest BCUT2D eigenvalue weighted by atomic mass is 32.2. The maximum atomic E-state index is 12.2. The lowest BCUT2D eigenvalue weighted by Gasteiger charge is -2.33. The Balaban J connectivity index is 2.20. The molecule has 0 spiro atoms. The van der Waals surface area contributed by atoms with Crippen molar-refractivity contribution in [1.82, 2.24) is 0 Å². The van der Waals surface area contributed by atoms with Crippen LogP contribution in [0.2, 0.25) is 0 Å². The number of para-hydroxylation sites is 1. The molecular formula is C15H21NO4S. The van der Waals surface area contributed by atoms with Crippen molar-refractivity contribution in [3.8, 4) is 0 Å². The second-order valence-corrected chi connectivity index (χ2v) is 7.40. The molecule has 6 heteroatoms. The fourth-order valence-corrected chi connectivity index (χ4v) is 3.77. The summed E-state index contributed by atoms with van der Waals surface area (Å²) in [6.45, 7) is 2.97. The summed E-state index contributed by atoms with van der Waals surface area (Å²) in [7, 11) is -1.85. The number of carbonyl (C=O) groups is 1. The van der Waals surface area contributed by atoms with Crippen LogP contribution in [0.1, 0.15) is 19.8 Å². The monoisotopic (exact) mass is 311 g/mol. The summed E-state index contributed by atoms with van der Waals surface area (Å²) in [6.07, 6.45) is 1.38. The van der Waals surface area contributed by atoms with Gasteiger partial charge in [0.05, 0.1) is 29.4 Å². The van der Waals surface area contributed by atoms with Crippen LogP contribution >= 0.6 is 0 Å². The van der Waals surface area contributed by atoms with Crippen LogP contribution in [0.5, 0.6) is 0 Å². The Kier molecular flexibility index (Phi) is 4.88. The first-order valence-corrected chi connectivity index (χ1v) is 8.79. The van der Waals surface area contributed by atoms with E-state index in [0.717, 1.165) is 5.69 Å². The largest absolute Gasteiger partial charge is 0.469 e. The Morgan fingerprint density at radius 3 is 2.48 bits per heavy atom. The Hall–Kier alpha value is -1.56. The van der Waals surface area contributed by atoms with Crippen LogP contribution in [0.4, 0.5) is 5.69 Å². The minimum Gasteiger partial charge on any atom is -0.469 e. The third kappa shape index (κ3) is 3.37. The van der Waals surface area contributed by atoms with E-state index in [-0.39, 0.29) is 17.6 Å². The van der Waals surface area contributed by atoms with Crippen molar-refractivity contribution in [2.75, 3.05) is 30.9 Å². The predicted octanol–water partition coefficient (Wildman–Crippen LogP) is 1.87. The molecule has 1 fully saturated rings. The number of carbonyl (C=O) groups excluding carboxylic acids is 1. The van der Waals surface area contributed by atoms with Crippen LogP contribution in [0.15, 0.2) is 29.2 Å². The van der Waals surface area contributed by atoms with Crippen molar-refractivity contribution in [3.05, 3.63) is 24.3 Å². The van der Waals surface area contributed by atoms with Crippen LogP contribution < -0.4 is 4.90 Å². The van der Waals surface area contributed by atoms with E-state index in [1.165, 1.54) is 7.11 Å². The Labute approximate surface area is 125 Å². The van der Waals surface area contributed by atoms with E-state index >= 15 is 0 Å². The number of rotatable bonds is 4. The smallest absolute Gasteiger partial charge is 0.308 e. The fourth-order valence-electron chi connectivity index (χ4n) is 2.66. The van der Waals surface area contributed by atoms with Crippen LogP contribution in [0.25, 0.3) is 0 Å². The SMILES string of the molecule is CCS(=O)(=O)c1ccccc1N1CCC(C(=O)OC)CC1. The molecule has 2 rings (SSSR count). The van der Waals surface area contributed by atoms with Crippen molar-refractivity contribution in [3.63, 3.8) is 0 Å². The van der Waals surface area contributed by atoms with Gasteiger partial charge in [-0.15, -0.1) is 0 Å². The minimum atomic E-state index is -3.25. The van der Waals surface area contributed by atoms with Gasteiger partial charge in [0, 0.05) is 13.1 Å². The van der Waals surface area contributed by atoms with Gasteiger partial charge >= 0.3 is 5.97 Å². The van der Waals surface area contributed by atoms with Crippen molar-refractivity contribution in [1.29, 1.82) is 0 Å². The van der Waals surface area contributed by atoms with E-state index in [9.17, 15) is 13.2 Å². The lowest BCUT2D eigenvalue weighted by atomic mass is 9.96. The second-order valence-electron chi connectivity index (χ2n) is 5.16. The first kappa shape index (κ1) is 15.8. The van der Waals surface area contributed by atoms with Crippen LogP contribution in [0.3, 0.4) is 0 Å². The number of hydrogen-bond acceptors (Lipinski definition) is 5. The van der Waals surface area contributed by atoms with Gasteiger partial charge in [0.2, 0.25) is 0 Å². The van der Waals surface area contributed by atoms with Crippen molar-refractivity contribution in [2.24, 2.45) is 5.92 Å². The molecule has 1 aromatic carbocycles. The molecule has 0 N–H and O–H groups in total. The zero-order valence-corrected chi connectivity index (χ0v) is 13.2. The summed E-state index contributed by atoms with van der Waals surface area (Å²) in [5.74, 6) is -0.173. The van der Waals surface area contributed by atoms with Crippen molar-refractivity contribution < 1.29 is 17.9 Å². The number of esters is 1. The average molecular weight is 311 g/mol. The lowest BCUT2D eigenvalue weighted by Crippen LogP contribution is -2.37. The molecule has 0 amide bonds. The van der Waals surface area contributed by atoms with Gasteiger partial charge < -0.3 is 9.64 Å². The molecule has 0 bridgehead atoms. The molecule has 0 unspecified atom stereocenters. The third-order valence-electron chi connectivity index (χ3n) is 3.95. The number of anilines is 1. The maximum absolute atomic E-state index is 12.2. The second kappa shape index (κ2) is 6.47. The van der Waals surface area contributed by atoms with E-state index in [0.29, 0.717) is 30.8 Å². The van der Waals surface area contributed by atoms with E-state index in [1.807, 2.05) is 17.0 Å². The summed E-state index contributed by atoms with van der Waals surface area (Å²) in [6, 6.07) is 7.07. The number of nitrogens with zero attached hydrogens (tertiary/aromatic N) is 1. The van der Waals surface area contributed by atoms with Gasteiger partial charge in [-0.1, -0.05) is 19.1 Å². The lowest BCUT2D eigenvalue weighted by molar-refractivity contribution is -0.146. The molecule has 0 saturated carbocycles. The number of methoxy groups -OCH3 is 1. The average Bonchev–Trinajstić information content (AvgIpc) is 2.54. The molecule has 1 aliphatic heterocycles. The standard InChI is InChI=1S/C15H21NO4S/c1-3-21(18,19)14-7-5-4-6-13(14)16-10-8-12(9-11-16)15(17)20-2/h4-7,12H,3,8-11H2,1-2H3. The van der Waals surface area contributed by atoms with Crippen LogP contribution in [-0.2, 0) is 19.4 Å². The predicted molar refractivity (Wildman–Crippen MR) is 81.1 cm³/mol. The molecule has 1 aliphatic rings. The molecule has 5 nitrogen and oxygen atoms in total. The highest BCUT2D eigenvalue weighted by molar-refractivity contribution is 7.91. The molecule has 0 radical (unpaired) electrons. The fraction of sp³-hybridized carbons (Fsp3) is 0.533. The quantitative estimate of drug-likeness (QED) is 0.794. The first-order valence-electron chi connectivity index (χ1n) is 7.14. The zero-order valence-electron chi connectivity index (χ0n) is 12.4. The van der Waals surface area contributed by atoms with Gasteiger partial charge in [-0.05, 0) is 25.0 Å². The van der Waals surface area contributed by atoms with Gasteiger partial charge in [0.1, 0.15) is 0 Å². The molecule has 1 saturated heterocycles. The van der Waals surface area contributed by atoms with E-state index in [2.05, 4.69) is 0 Å². The summed E-state index contributed by atoms with van der Waals surface area (Å²) < 4.78 is 29.1. The normalized spacial score (nSPS) is 16.8. The van der Waals surface area contributed by atoms with Crippen molar-refractivity contribution in [2.45, 2.75) is 24.7 Å². The van der Waals surface area contributed by atoms with Gasteiger partial charge in [-0.3, -0.25) is 4.79 Å². The number of ether oxygens (including phenoxy) is 1. The highest BCUT2D eigenvalue weighted by Crippen LogP contribution is 2.30. The summed E-state index contributed by atoms with van der Waals surface area (Å²) in [4.78, 5) is 14.0. The molecule has 0 atom stereocenters. The molecule has 21 heavy (non-hydrogen) atoms. The van der Waals surface area contributed by atoms with Gasteiger partial charge in [0.15, 0.2) is 9.84 Å².